The minimum absolute atomic E-state index is 0.0845. The van der Waals surface area contributed by atoms with Gasteiger partial charge in [-0.25, -0.2) is 0 Å². The van der Waals surface area contributed by atoms with Crippen molar-refractivity contribution in [2.75, 3.05) is 0 Å². The van der Waals surface area contributed by atoms with Crippen LogP contribution in [-0.2, 0) is 6.54 Å². The van der Waals surface area contributed by atoms with Crippen molar-refractivity contribution < 1.29 is 0 Å². The Bertz CT molecular complexity index is 423. The molecule has 0 spiro atoms. The molecule has 0 aliphatic rings. The first kappa shape index (κ1) is 12.9. The van der Waals surface area contributed by atoms with E-state index in [0.717, 1.165) is 19.4 Å². The maximum atomic E-state index is 11.9. The molecule has 3 nitrogen and oxygen atoms in total. The van der Waals surface area contributed by atoms with Gasteiger partial charge in [-0.3, -0.25) is 4.79 Å². The Morgan fingerprint density at radius 1 is 1.56 bits per heavy atom. The monoisotopic (exact) mass is 238 g/mol. The lowest BCUT2D eigenvalue weighted by atomic mass is 10.1. The van der Waals surface area contributed by atoms with E-state index in [2.05, 4.69) is 13.8 Å². The fraction of sp³-hybridized carbons (Fsp3) is 0.500. The summed E-state index contributed by atoms with van der Waals surface area (Å²) >= 11 is 4.83. The fourth-order valence-electron chi connectivity index (χ4n) is 1.57. The van der Waals surface area contributed by atoms with E-state index >= 15 is 0 Å². The summed E-state index contributed by atoms with van der Waals surface area (Å²) in [7, 11) is 0. The molecule has 0 saturated heterocycles. The predicted molar refractivity (Wildman–Crippen MR) is 70.7 cm³/mol. The molecule has 1 aromatic heterocycles. The summed E-state index contributed by atoms with van der Waals surface area (Å²) in [4.78, 5) is 12.1. The third kappa shape index (κ3) is 3.45. The minimum Gasteiger partial charge on any atom is -0.389 e. The Labute approximate surface area is 101 Å². The van der Waals surface area contributed by atoms with E-state index < -0.39 is 0 Å². The molecule has 0 fully saturated rings. The molecule has 1 aromatic rings. The van der Waals surface area contributed by atoms with E-state index in [4.69, 9.17) is 18.0 Å². The summed E-state index contributed by atoms with van der Waals surface area (Å²) < 4.78 is 1.68. The molecule has 16 heavy (non-hydrogen) atoms. The Balaban J connectivity index is 2.78. The fourth-order valence-corrected chi connectivity index (χ4v) is 1.73. The van der Waals surface area contributed by atoms with Gasteiger partial charge in [0.05, 0.1) is 5.56 Å². The number of nitrogens with zero attached hydrogens (tertiary/aromatic N) is 1. The number of hydrogen-bond donors (Lipinski definition) is 1. The van der Waals surface area contributed by atoms with Crippen molar-refractivity contribution in [3.8, 4) is 0 Å². The minimum atomic E-state index is -0.0845. The zero-order valence-electron chi connectivity index (χ0n) is 9.77. The molecule has 0 unspecified atom stereocenters. The second-order valence-electron chi connectivity index (χ2n) is 4.32. The van der Waals surface area contributed by atoms with Gasteiger partial charge in [0, 0.05) is 12.7 Å². The number of rotatable bonds is 5. The molecule has 1 heterocycles. The topological polar surface area (TPSA) is 48.0 Å². The molecule has 2 N–H and O–H groups in total. The Morgan fingerprint density at radius 3 is 2.81 bits per heavy atom. The number of thiocarbonyl (C=S) groups is 1. The van der Waals surface area contributed by atoms with E-state index in [1.165, 1.54) is 0 Å². The second-order valence-corrected chi connectivity index (χ2v) is 4.76. The van der Waals surface area contributed by atoms with Gasteiger partial charge in [0.15, 0.2) is 0 Å². The van der Waals surface area contributed by atoms with Crippen LogP contribution in [0.2, 0.25) is 0 Å². The first-order valence-electron chi connectivity index (χ1n) is 5.51. The lowest BCUT2D eigenvalue weighted by Gasteiger charge is -2.08. The first-order valence-corrected chi connectivity index (χ1v) is 5.92. The average Bonchev–Trinajstić information content (AvgIpc) is 2.19. The highest BCUT2D eigenvalue weighted by atomic mass is 32.1. The molecule has 88 valence electrons. The van der Waals surface area contributed by atoms with E-state index in [0.29, 0.717) is 11.5 Å². The van der Waals surface area contributed by atoms with Crippen LogP contribution in [0.5, 0.6) is 0 Å². The van der Waals surface area contributed by atoms with Gasteiger partial charge in [0.1, 0.15) is 4.99 Å². The summed E-state index contributed by atoms with van der Waals surface area (Å²) in [6.07, 6.45) is 3.90. The van der Waals surface area contributed by atoms with Crippen LogP contribution in [-0.4, -0.2) is 9.56 Å². The molecule has 0 bridgehead atoms. The van der Waals surface area contributed by atoms with Crippen LogP contribution >= 0.6 is 12.2 Å². The number of nitrogens with two attached hydrogens (primary N) is 1. The van der Waals surface area contributed by atoms with Gasteiger partial charge in [0.25, 0.3) is 5.56 Å². The van der Waals surface area contributed by atoms with E-state index in [1.54, 1.807) is 16.8 Å². The number of aryl methyl sites for hydroxylation is 1. The zero-order chi connectivity index (χ0) is 12.1. The van der Waals surface area contributed by atoms with Gasteiger partial charge in [-0.05, 0) is 30.9 Å². The molecule has 4 heteroatoms. The lowest BCUT2D eigenvalue weighted by Crippen LogP contribution is -2.28. The highest BCUT2D eigenvalue weighted by Gasteiger charge is 2.05. The summed E-state index contributed by atoms with van der Waals surface area (Å²) in [5.74, 6) is 0.662. The highest BCUT2D eigenvalue weighted by Crippen LogP contribution is 2.04. The average molecular weight is 238 g/mol. The van der Waals surface area contributed by atoms with Crippen molar-refractivity contribution in [2.45, 2.75) is 33.2 Å². The third-order valence-electron chi connectivity index (χ3n) is 2.47. The summed E-state index contributed by atoms with van der Waals surface area (Å²) in [6.45, 7) is 5.08. The molecular weight excluding hydrogens is 220 g/mol. The molecule has 0 aliphatic heterocycles. The van der Waals surface area contributed by atoms with Gasteiger partial charge in [-0.1, -0.05) is 26.1 Å². The number of aromatic nitrogens is 1. The Morgan fingerprint density at radius 2 is 2.25 bits per heavy atom. The molecular formula is C12H18N2OS. The molecule has 0 aliphatic carbocycles. The molecule has 1 rings (SSSR count). The van der Waals surface area contributed by atoms with Gasteiger partial charge in [-0.2, -0.15) is 0 Å². The van der Waals surface area contributed by atoms with Gasteiger partial charge in [0.2, 0.25) is 0 Å². The van der Waals surface area contributed by atoms with Crippen molar-refractivity contribution >= 4 is 17.2 Å². The van der Waals surface area contributed by atoms with Gasteiger partial charge >= 0.3 is 0 Å². The summed E-state index contributed by atoms with van der Waals surface area (Å²) in [5, 5.41) is 0. The van der Waals surface area contributed by atoms with Crippen molar-refractivity contribution in [1.29, 1.82) is 0 Å². The van der Waals surface area contributed by atoms with Crippen LogP contribution < -0.4 is 11.3 Å². The van der Waals surface area contributed by atoms with Crippen LogP contribution in [0.3, 0.4) is 0 Å². The van der Waals surface area contributed by atoms with E-state index in [-0.39, 0.29) is 10.5 Å². The number of hydrogen-bond acceptors (Lipinski definition) is 2. The lowest BCUT2D eigenvalue weighted by molar-refractivity contribution is 0.506. The van der Waals surface area contributed by atoms with Crippen molar-refractivity contribution in [2.24, 2.45) is 11.7 Å². The SMILES string of the molecule is CC(C)CCCn1cccc(C(N)=S)c1=O. The van der Waals surface area contributed by atoms with Crippen LogP contribution in [0.1, 0.15) is 32.3 Å². The molecule has 0 radical (unpaired) electrons. The second kappa shape index (κ2) is 5.80. The van der Waals surface area contributed by atoms with Crippen LogP contribution in [0.4, 0.5) is 0 Å². The molecule has 0 aromatic carbocycles. The quantitative estimate of drug-likeness (QED) is 0.797. The van der Waals surface area contributed by atoms with Crippen molar-refractivity contribution in [3.63, 3.8) is 0 Å². The Hall–Kier alpha value is -1.16. The first-order chi connectivity index (χ1) is 7.52. The molecule has 0 atom stereocenters. The molecule has 0 saturated carbocycles. The van der Waals surface area contributed by atoms with Crippen LogP contribution in [0.25, 0.3) is 0 Å². The largest absolute Gasteiger partial charge is 0.389 e. The summed E-state index contributed by atoms with van der Waals surface area (Å²) in [5.41, 5.74) is 5.83. The highest BCUT2D eigenvalue weighted by molar-refractivity contribution is 7.80. The van der Waals surface area contributed by atoms with Gasteiger partial charge < -0.3 is 10.3 Å². The van der Waals surface area contributed by atoms with E-state index in [1.807, 2.05) is 6.07 Å². The molecule has 0 amide bonds. The number of pyridine rings is 1. The van der Waals surface area contributed by atoms with Crippen molar-refractivity contribution in [1.82, 2.24) is 4.57 Å². The Kier molecular flexibility index (Phi) is 4.68. The van der Waals surface area contributed by atoms with Crippen molar-refractivity contribution in [3.05, 3.63) is 34.2 Å². The zero-order valence-corrected chi connectivity index (χ0v) is 10.6. The smallest absolute Gasteiger partial charge is 0.260 e. The standard InChI is InChI=1S/C12H18N2OS/c1-9(2)5-3-7-14-8-4-6-10(11(13)16)12(14)15/h4,6,8-9H,3,5,7H2,1-2H3,(H2,13,16). The predicted octanol–water partition coefficient (Wildman–Crippen LogP) is 1.92. The van der Waals surface area contributed by atoms with Crippen LogP contribution in [0.15, 0.2) is 23.1 Å². The van der Waals surface area contributed by atoms with E-state index in [9.17, 15) is 4.79 Å². The normalized spacial score (nSPS) is 10.7. The van der Waals surface area contributed by atoms with Crippen LogP contribution in [0, 0.1) is 5.92 Å². The van der Waals surface area contributed by atoms with Gasteiger partial charge in [-0.15, -0.1) is 0 Å². The third-order valence-corrected chi connectivity index (χ3v) is 2.69. The maximum Gasteiger partial charge on any atom is 0.260 e. The maximum absolute atomic E-state index is 11.9. The summed E-state index contributed by atoms with van der Waals surface area (Å²) in [6, 6.07) is 3.48.